The van der Waals surface area contributed by atoms with E-state index in [1.54, 1.807) is 6.20 Å². The van der Waals surface area contributed by atoms with E-state index in [1.165, 1.54) is 0 Å². The molecule has 1 atom stereocenters. The van der Waals surface area contributed by atoms with Gasteiger partial charge in [0.15, 0.2) is 0 Å². The average Bonchev–Trinajstić information content (AvgIpc) is 2.83. The van der Waals surface area contributed by atoms with E-state index >= 15 is 0 Å². The first-order valence-corrected chi connectivity index (χ1v) is 6.49. The van der Waals surface area contributed by atoms with Crippen LogP contribution < -0.4 is 5.32 Å². The van der Waals surface area contributed by atoms with Gasteiger partial charge in [0.05, 0.1) is 6.04 Å². The zero-order valence-electron chi connectivity index (χ0n) is 11.3. The molecule has 1 N–H and O–H groups in total. The highest BCUT2D eigenvalue weighted by molar-refractivity contribution is 5.76. The standard InChI is InChI=1S/C15H19N3O/c1-12-8-10-16-18(12)11-9-15(19)17-13(2)14-6-4-3-5-7-14/h3-8,10,13H,9,11H2,1-2H3,(H,17,19). The first-order chi connectivity index (χ1) is 9.16. The molecule has 2 aromatic rings. The maximum atomic E-state index is 11.9. The predicted molar refractivity (Wildman–Crippen MR) is 74.6 cm³/mol. The second kappa shape index (κ2) is 6.18. The molecule has 19 heavy (non-hydrogen) atoms. The number of benzene rings is 1. The molecule has 1 aromatic carbocycles. The van der Waals surface area contributed by atoms with Crippen molar-refractivity contribution in [1.29, 1.82) is 0 Å². The maximum Gasteiger partial charge on any atom is 0.222 e. The Bertz CT molecular complexity index is 533. The van der Waals surface area contributed by atoms with E-state index in [2.05, 4.69) is 10.4 Å². The molecule has 0 fully saturated rings. The lowest BCUT2D eigenvalue weighted by Gasteiger charge is -2.14. The molecule has 0 aliphatic carbocycles. The Labute approximate surface area is 113 Å². The van der Waals surface area contributed by atoms with Gasteiger partial charge < -0.3 is 5.32 Å². The number of carbonyl (C=O) groups excluding carboxylic acids is 1. The number of nitrogens with zero attached hydrogens (tertiary/aromatic N) is 2. The molecular weight excluding hydrogens is 238 g/mol. The highest BCUT2D eigenvalue weighted by atomic mass is 16.1. The highest BCUT2D eigenvalue weighted by Crippen LogP contribution is 2.11. The van der Waals surface area contributed by atoms with Crippen LogP contribution in [0.4, 0.5) is 0 Å². The van der Waals surface area contributed by atoms with Crippen molar-refractivity contribution in [3.05, 3.63) is 53.9 Å². The molecule has 0 aliphatic heterocycles. The van der Waals surface area contributed by atoms with E-state index in [1.807, 2.05) is 54.9 Å². The van der Waals surface area contributed by atoms with E-state index in [0.29, 0.717) is 13.0 Å². The summed E-state index contributed by atoms with van der Waals surface area (Å²) < 4.78 is 1.84. The third-order valence-corrected chi connectivity index (χ3v) is 3.16. The van der Waals surface area contributed by atoms with Crippen molar-refractivity contribution in [1.82, 2.24) is 15.1 Å². The molecule has 1 amide bonds. The molecule has 1 aromatic heterocycles. The van der Waals surface area contributed by atoms with Crippen molar-refractivity contribution in [2.24, 2.45) is 0 Å². The van der Waals surface area contributed by atoms with Crippen LogP contribution in [0.2, 0.25) is 0 Å². The monoisotopic (exact) mass is 257 g/mol. The summed E-state index contributed by atoms with van der Waals surface area (Å²) in [5.74, 6) is 0.0475. The molecule has 4 heteroatoms. The molecule has 0 saturated heterocycles. The fraction of sp³-hybridized carbons (Fsp3) is 0.333. The Morgan fingerprint density at radius 3 is 2.68 bits per heavy atom. The highest BCUT2D eigenvalue weighted by Gasteiger charge is 2.09. The van der Waals surface area contributed by atoms with Gasteiger partial charge in [-0.1, -0.05) is 30.3 Å². The van der Waals surface area contributed by atoms with Crippen LogP contribution >= 0.6 is 0 Å². The minimum absolute atomic E-state index is 0.0346. The quantitative estimate of drug-likeness (QED) is 0.894. The third kappa shape index (κ3) is 3.68. The molecule has 0 saturated carbocycles. The SMILES string of the molecule is Cc1ccnn1CCC(=O)NC(C)c1ccccc1. The minimum Gasteiger partial charge on any atom is -0.350 e. The minimum atomic E-state index is 0.0346. The number of aromatic nitrogens is 2. The number of carbonyl (C=O) groups is 1. The maximum absolute atomic E-state index is 11.9. The van der Waals surface area contributed by atoms with Crippen LogP contribution in [0, 0.1) is 6.92 Å². The Morgan fingerprint density at radius 2 is 2.05 bits per heavy atom. The Hall–Kier alpha value is -2.10. The number of nitrogens with one attached hydrogen (secondary N) is 1. The van der Waals surface area contributed by atoms with Crippen molar-refractivity contribution < 1.29 is 4.79 Å². The van der Waals surface area contributed by atoms with E-state index in [-0.39, 0.29) is 11.9 Å². The largest absolute Gasteiger partial charge is 0.350 e. The van der Waals surface area contributed by atoms with Gasteiger partial charge >= 0.3 is 0 Å². The Balaban J connectivity index is 1.83. The van der Waals surface area contributed by atoms with Gasteiger partial charge in [-0.05, 0) is 25.5 Å². The second-order valence-electron chi connectivity index (χ2n) is 4.65. The number of amides is 1. The second-order valence-corrected chi connectivity index (χ2v) is 4.65. The summed E-state index contributed by atoms with van der Waals surface area (Å²) in [6, 6.07) is 11.9. The third-order valence-electron chi connectivity index (χ3n) is 3.16. The zero-order chi connectivity index (χ0) is 13.7. The Kier molecular flexibility index (Phi) is 4.34. The molecule has 2 rings (SSSR count). The molecular formula is C15H19N3O. The van der Waals surface area contributed by atoms with Gasteiger partial charge in [-0.25, -0.2) is 0 Å². The van der Waals surface area contributed by atoms with Gasteiger partial charge in [-0.15, -0.1) is 0 Å². The molecule has 0 radical (unpaired) electrons. The van der Waals surface area contributed by atoms with E-state index in [0.717, 1.165) is 11.3 Å². The number of hydrogen-bond donors (Lipinski definition) is 1. The smallest absolute Gasteiger partial charge is 0.222 e. The zero-order valence-corrected chi connectivity index (χ0v) is 11.3. The van der Waals surface area contributed by atoms with Crippen LogP contribution in [-0.4, -0.2) is 15.7 Å². The van der Waals surface area contributed by atoms with Crippen molar-refractivity contribution in [2.45, 2.75) is 32.9 Å². The van der Waals surface area contributed by atoms with Crippen molar-refractivity contribution >= 4 is 5.91 Å². The van der Waals surface area contributed by atoms with Gasteiger partial charge in [0, 0.05) is 24.9 Å². The molecule has 4 nitrogen and oxygen atoms in total. The lowest BCUT2D eigenvalue weighted by molar-refractivity contribution is -0.122. The average molecular weight is 257 g/mol. The van der Waals surface area contributed by atoms with E-state index in [4.69, 9.17) is 0 Å². The summed E-state index contributed by atoms with van der Waals surface area (Å²) in [4.78, 5) is 11.9. The summed E-state index contributed by atoms with van der Waals surface area (Å²) in [6.45, 7) is 4.59. The summed E-state index contributed by atoms with van der Waals surface area (Å²) >= 11 is 0. The molecule has 0 bridgehead atoms. The number of aryl methyl sites for hydroxylation is 2. The summed E-state index contributed by atoms with van der Waals surface area (Å²) in [5.41, 5.74) is 2.19. The summed E-state index contributed by atoms with van der Waals surface area (Å²) in [6.07, 6.45) is 2.19. The van der Waals surface area contributed by atoms with Crippen molar-refractivity contribution in [3.63, 3.8) is 0 Å². The van der Waals surface area contributed by atoms with E-state index in [9.17, 15) is 4.79 Å². The number of hydrogen-bond acceptors (Lipinski definition) is 2. The van der Waals surface area contributed by atoms with Gasteiger partial charge in [-0.2, -0.15) is 5.10 Å². The lowest BCUT2D eigenvalue weighted by atomic mass is 10.1. The van der Waals surface area contributed by atoms with Crippen LogP contribution in [0.1, 0.15) is 30.6 Å². The van der Waals surface area contributed by atoms with Crippen LogP contribution in [0.5, 0.6) is 0 Å². The normalized spacial score (nSPS) is 12.1. The Morgan fingerprint density at radius 1 is 1.32 bits per heavy atom. The summed E-state index contributed by atoms with van der Waals surface area (Å²) in [5, 5.41) is 7.16. The van der Waals surface area contributed by atoms with Crippen molar-refractivity contribution in [3.8, 4) is 0 Å². The number of rotatable bonds is 5. The first kappa shape index (κ1) is 13.3. The van der Waals surface area contributed by atoms with Crippen molar-refractivity contribution in [2.75, 3.05) is 0 Å². The van der Waals surface area contributed by atoms with E-state index < -0.39 is 0 Å². The lowest BCUT2D eigenvalue weighted by Crippen LogP contribution is -2.27. The van der Waals surface area contributed by atoms with Gasteiger partial charge in [-0.3, -0.25) is 9.48 Å². The summed E-state index contributed by atoms with van der Waals surface area (Å²) in [7, 11) is 0. The molecule has 1 unspecified atom stereocenters. The van der Waals surface area contributed by atoms with Crippen LogP contribution in [0.15, 0.2) is 42.6 Å². The van der Waals surface area contributed by atoms with Gasteiger partial charge in [0.1, 0.15) is 0 Å². The predicted octanol–water partition coefficient (Wildman–Crippen LogP) is 2.46. The molecule has 100 valence electrons. The molecule has 1 heterocycles. The van der Waals surface area contributed by atoms with Crippen LogP contribution in [0.25, 0.3) is 0 Å². The fourth-order valence-electron chi connectivity index (χ4n) is 1.98. The van der Waals surface area contributed by atoms with Crippen LogP contribution in [-0.2, 0) is 11.3 Å². The molecule has 0 aliphatic rings. The molecule has 0 spiro atoms. The first-order valence-electron chi connectivity index (χ1n) is 6.49. The van der Waals surface area contributed by atoms with Crippen LogP contribution in [0.3, 0.4) is 0 Å². The fourth-order valence-corrected chi connectivity index (χ4v) is 1.98. The van der Waals surface area contributed by atoms with Gasteiger partial charge in [0.25, 0.3) is 0 Å². The van der Waals surface area contributed by atoms with Gasteiger partial charge in [0.2, 0.25) is 5.91 Å². The topological polar surface area (TPSA) is 46.9 Å².